The molecule has 0 fully saturated rings. The highest BCUT2D eigenvalue weighted by atomic mass is 16.2. The Labute approximate surface area is 121 Å². The van der Waals surface area contributed by atoms with E-state index in [1.807, 2.05) is 44.2 Å². The lowest BCUT2D eigenvalue weighted by atomic mass is 10.1. The topological polar surface area (TPSA) is 49.4 Å². The summed E-state index contributed by atoms with van der Waals surface area (Å²) in [6.07, 6.45) is 1.22. The predicted octanol–water partition coefficient (Wildman–Crippen LogP) is 1.99. The number of nitrogens with one attached hydrogen (secondary N) is 1. The molecule has 1 aromatic carbocycles. The highest BCUT2D eigenvalue weighted by molar-refractivity contribution is 5.76. The van der Waals surface area contributed by atoms with Gasteiger partial charge < -0.3 is 10.2 Å². The van der Waals surface area contributed by atoms with Gasteiger partial charge in [-0.05, 0) is 25.8 Å². The molecule has 0 bridgehead atoms. The van der Waals surface area contributed by atoms with E-state index in [9.17, 15) is 9.59 Å². The first-order valence-corrected chi connectivity index (χ1v) is 7.08. The Morgan fingerprint density at radius 2 is 1.85 bits per heavy atom. The number of carbonyl (C=O) groups excluding carboxylic acids is 2. The minimum absolute atomic E-state index is 0.0288. The summed E-state index contributed by atoms with van der Waals surface area (Å²) in [5, 5.41) is 2.86. The Morgan fingerprint density at radius 3 is 2.40 bits per heavy atom. The van der Waals surface area contributed by atoms with Crippen LogP contribution in [-0.4, -0.2) is 35.8 Å². The maximum Gasteiger partial charge on any atom is 0.220 e. The molecule has 0 radical (unpaired) electrons. The summed E-state index contributed by atoms with van der Waals surface area (Å²) in [5.41, 5.74) is 1.16. The fraction of sp³-hybridized carbons (Fsp3) is 0.500. The Bertz CT molecular complexity index is 429. The van der Waals surface area contributed by atoms with E-state index in [-0.39, 0.29) is 17.9 Å². The number of benzene rings is 1. The van der Waals surface area contributed by atoms with Gasteiger partial charge in [0.05, 0.1) is 0 Å². The lowest BCUT2D eigenvalue weighted by Crippen LogP contribution is -2.41. The van der Waals surface area contributed by atoms with Crippen molar-refractivity contribution in [3.8, 4) is 0 Å². The molecule has 0 spiro atoms. The summed E-state index contributed by atoms with van der Waals surface area (Å²) in [4.78, 5) is 24.9. The van der Waals surface area contributed by atoms with Crippen molar-refractivity contribution in [2.45, 2.75) is 39.7 Å². The third-order valence-electron chi connectivity index (χ3n) is 3.19. The maximum atomic E-state index is 11.7. The molecule has 1 N–H and O–H groups in total. The summed E-state index contributed by atoms with van der Waals surface area (Å²) in [5.74, 6) is 0.0691. The normalized spacial score (nSPS) is 10.4. The van der Waals surface area contributed by atoms with E-state index in [1.54, 1.807) is 11.8 Å². The number of rotatable bonds is 7. The highest BCUT2D eigenvalue weighted by Gasteiger charge is 2.12. The van der Waals surface area contributed by atoms with Crippen LogP contribution in [0, 0.1) is 0 Å². The van der Waals surface area contributed by atoms with E-state index < -0.39 is 0 Å². The lowest BCUT2D eigenvalue weighted by Gasteiger charge is -2.25. The highest BCUT2D eigenvalue weighted by Crippen LogP contribution is 2.02. The van der Waals surface area contributed by atoms with Crippen LogP contribution in [0.25, 0.3) is 0 Å². The van der Waals surface area contributed by atoms with Crippen LogP contribution < -0.4 is 5.32 Å². The fourth-order valence-corrected chi connectivity index (χ4v) is 2.09. The second-order valence-corrected chi connectivity index (χ2v) is 5.14. The van der Waals surface area contributed by atoms with Crippen molar-refractivity contribution in [1.29, 1.82) is 0 Å². The number of amides is 2. The summed E-state index contributed by atoms with van der Waals surface area (Å²) in [6.45, 7) is 6.56. The zero-order valence-corrected chi connectivity index (χ0v) is 12.6. The monoisotopic (exact) mass is 276 g/mol. The first kappa shape index (κ1) is 16.2. The number of hydrogen-bond acceptors (Lipinski definition) is 2. The van der Waals surface area contributed by atoms with E-state index in [0.717, 1.165) is 12.0 Å². The van der Waals surface area contributed by atoms with Crippen molar-refractivity contribution in [3.63, 3.8) is 0 Å². The maximum absolute atomic E-state index is 11.7. The minimum Gasteiger partial charge on any atom is -0.354 e. The van der Waals surface area contributed by atoms with Crippen molar-refractivity contribution >= 4 is 11.8 Å². The van der Waals surface area contributed by atoms with Crippen LogP contribution in [0.5, 0.6) is 0 Å². The standard InChI is InChI=1S/C16H24N2O2/c1-13(2)18(14(3)19)12-11-17-16(20)10-9-15-7-5-4-6-8-15/h4-8,13H,9-12H2,1-3H3,(H,17,20). The molecule has 4 heteroatoms. The Hall–Kier alpha value is -1.84. The number of nitrogens with zero attached hydrogens (tertiary/aromatic N) is 1. The van der Waals surface area contributed by atoms with Gasteiger partial charge in [0.15, 0.2) is 0 Å². The van der Waals surface area contributed by atoms with Crippen LogP contribution in [0.1, 0.15) is 32.8 Å². The van der Waals surface area contributed by atoms with Gasteiger partial charge in [-0.15, -0.1) is 0 Å². The van der Waals surface area contributed by atoms with E-state index in [2.05, 4.69) is 5.32 Å². The van der Waals surface area contributed by atoms with Crippen molar-refractivity contribution < 1.29 is 9.59 Å². The average molecular weight is 276 g/mol. The van der Waals surface area contributed by atoms with E-state index in [4.69, 9.17) is 0 Å². The van der Waals surface area contributed by atoms with Gasteiger partial charge >= 0.3 is 0 Å². The Balaban J connectivity index is 2.25. The van der Waals surface area contributed by atoms with Crippen LogP contribution >= 0.6 is 0 Å². The third kappa shape index (κ3) is 5.87. The summed E-state index contributed by atoms with van der Waals surface area (Å²) >= 11 is 0. The zero-order chi connectivity index (χ0) is 15.0. The predicted molar refractivity (Wildman–Crippen MR) is 80.3 cm³/mol. The van der Waals surface area contributed by atoms with E-state index >= 15 is 0 Å². The summed E-state index contributed by atoms with van der Waals surface area (Å²) in [7, 11) is 0. The van der Waals surface area contributed by atoms with Crippen molar-refractivity contribution in [2.24, 2.45) is 0 Å². The van der Waals surface area contributed by atoms with Crippen LogP contribution in [0.2, 0.25) is 0 Å². The van der Waals surface area contributed by atoms with Crippen molar-refractivity contribution in [1.82, 2.24) is 10.2 Å². The quantitative estimate of drug-likeness (QED) is 0.828. The van der Waals surface area contributed by atoms with Gasteiger partial charge in [-0.3, -0.25) is 9.59 Å². The Kier molecular flexibility index (Phi) is 6.77. The molecular weight excluding hydrogens is 252 g/mol. The second-order valence-electron chi connectivity index (χ2n) is 5.14. The molecule has 0 unspecified atom stereocenters. The Morgan fingerprint density at radius 1 is 1.20 bits per heavy atom. The van der Waals surface area contributed by atoms with Crippen LogP contribution in [-0.2, 0) is 16.0 Å². The van der Waals surface area contributed by atoms with Gasteiger partial charge in [-0.1, -0.05) is 30.3 Å². The molecule has 0 heterocycles. The molecule has 0 aliphatic heterocycles. The summed E-state index contributed by atoms with van der Waals surface area (Å²) in [6, 6.07) is 10.1. The van der Waals surface area contributed by atoms with Crippen LogP contribution in [0.15, 0.2) is 30.3 Å². The molecule has 0 aliphatic carbocycles. The van der Waals surface area contributed by atoms with Crippen molar-refractivity contribution in [2.75, 3.05) is 13.1 Å². The smallest absolute Gasteiger partial charge is 0.220 e. The van der Waals surface area contributed by atoms with E-state index in [0.29, 0.717) is 19.5 Å². The molecule has 1 rings (SSSR count). The minimum atomic E-state index is 0.0288. The number of hydrogen-bond donors (Lipinski definition) is 1. The second kappa shape index (κ2) is 8.35. The molecule has 0 aromatic heterocycles. The number of carbonyl (C=O) groups is 2. The first-order valence-electron chi connectivity index (χ1n) is 7.08. The molecule has 0 saturated carbocycles. The molecule has 20 heavy (non-hydrogen) atoms. The van der Waals surface area contributed by atoms with Gasteiger partial charge in [0, 0.05) is 32.5 Å². The molecule has 2 amide bonds. The average Bonchev–Trinajstić information content (AvgIpc) is 2.41. The SMILES string of the molecule is CC(=O)N(CCNC(=O)CCc1ccccc1)C(C)C. The summed E-state index contributed by atoms with van der Waals surface area (Å²) < 4.78 is 0. The van der Waals surface area contributed by atoms with Crippen molar-refractivity contribution in [3.05, 3.63) is 35.9 Å². The van der Waals surface area contributed by atoms with Gasteiger partial charge in [0.1, 0.15) is 0 Å². The molecule has 0 saturated heterocycles. The molecule has 110 valence electrons. The molecule has 4 nitrogen and oxygen atoms in total. The van der Waals surface area contributed by atoms with Crippen LogP contribution in [0.3, 0.4) is 0 Å². The van der Waals surface area contributed by atoms with Gasteiger partial charge in [0.2, 0.25) is 11.8 Å². The largest absolute Gasteiger partial charge is 0.354 e. The van der Waals surface area contributed by atoms with E-state index in [1.165, 1.54) is 0 Å². The first-order chi connectivity index (χ1) is 9.50. The molecule has 1 aromatic rings. The van der Waals surface area contributed by atoms with Gasteiger partial charge in [-0.25, -0.2) is 0 Å². The third-order valence-corrected chi connectivity index (χ3v) is 3.19. The van der Waals surface area contributed by atoms with Gasteiger partial charge in [-0.2, -0.15) is 0 Å². The number of aryl methyl sites for hydroxylation is 1. The van der Waals surface area contributed by atoms with Crippen LogP contribution in [0.4, 0.5) is 0 Å². The lowest BCUT2D eigenvalue weighted by molar-refractivity contribution is -0.131. The van der Waals surface area contributed by atoms with Gasteiger partial charge in [0.25, 0.3) is 0 Å². The fourth-order valence-electron chi connectivity index (χ4n) is 2.09. The molecule has 0 atom stereocenters. The zero-order valence-electron chi connectivity index (χ0n) is 12.6. The molecular formula is C16H24N2O2. The molecule has 0 aliphatic rings.